The molecule has 0 aliphatic carbocycles. The molecule has 0 aliphatic heterocycles. The molecule has 0 radical (unpaired) electrons. The van der Waals surface area contributed by atoms with Crippen LogP contribution in [0.3, 0.4) is 0 Å². The third-order valence-corrected chi connectivity index (χ3v) is 3.56. The van der Waals surface area contributed by atoms with Gasteiger partial charge in [0.05, 0.1) is 12.8 Å². The standard InChI is InChI=1S/C16H18ClNO/c1-11-9-15(16(19-3)10-14(11)17)18-12(2)13-7-5-4-6-8-13/h4-10,12,18H,1-3H3. The SMILES string of the molecule is COc1cc(Cl)c(C)cc1NC(C)c1ccccc1. The Hall–Kier alpha value is -1.67. The average Bonchev–Trinajstić information content (AvgIpc) is 2.43. The van der Waals surface area contributed by atoms with Gasteiger partial charge >= 0.3 is 0 Å². The van der Waals surface area contributed by atoms with Gasteiger partial charge < -0.3 is 10.1 Å². The molecule has 3 heteroatoms. The maximum Gasteiger partial charge on any atom is 0.143 e. The fourth-order valence-electron chi connectivity index (χ4n) is 2.00. The zero-order valence-electron chi connectivity index (χ0n) is 11.4. The summed E-state index contributed by atoms with van der Waals surface area (Å²) in [4.78, 5) is 0. The summed E-state index contributed by atoms with van der Waals surface area (Å²) in [6.45, 7) is 4.11. The van der Waals surface area contributed by atoms with Gasteiger partial charge in [-0.05, 0) is 31.0 Å². The largest absolute Gasteiger partial charge is 0.495 e. The van der Waals surface area contributed by atoms with Crippen LogP contribution in [0.5, 0.6) is 5.75 Å². The molecule has 0 fully saturated rings. The number of methoxy groups -OCH3 is 1. The molecule has 2 nitrogen and oxygen atoms in total. The second kappa shape index (κ2) is 5.98. The highest BCUT2D eigenvalue weighted by molar-refractivity contribution is 6.31. The lowest BCUT2D eigenvalue weighted by Gasteiger charge is -2.19. The van der Waals surface area contributed by atoms with E-state index in [1.807, 2.05) is 37.3 Å². The van der Waals surface area contributed by atoms with Gasteiger partial charge in [-0.1, -0.05) is 41.9 Å². The molecule has 0 amide bonds. The molecular formula is C16H18ClNO. The van der Waals surface area contributed by atoms with Crippen LogP contribution in [0, 0.1) is 6.92 Å². The van der Waals surface area contributed by atoms with Crippen molar-refractivity contribution < 1.29 is 4.74 Å². The number of benzene rings is 2. The zero-order chi connectivity index (χ0) is 13.8. The van der Waals surface area contributed by atoms with Crippen molar-refractivity contribution in [2.75, 3.05) is 12.4 Å². The first-order valence-corrected chi connectivity index (χ1v) is 6.65. The van der Waals surface area contributed by atoms with Gasteiger partial charge in [-0.3, -0.25) is 0 Å². The van der Waals surface area contributed by atoms with Crippen LogP contribution in [0.15, 0.2) is 42.5 Å². The molecule has 19 heavy (non-hydrogen) atoms. The molecule has 0 aliphatic rings. The fraction of sp³-hybridized carbons (Fsp3) is 0.250. The Morgan fingerprint density at radius 2 is 1.84 bits per heavy atom. The van der Waals surface area contributed by atoms with Crippen molar-refractivity contribution in [3.05, 3.63) is 58.6 Å². The summed E-state index contributed by atoms with van der Waals surface area (Å²) in [6, 6.07) is 14.4. The summed E-state index contributed by atoms with van der Waals surface area (Å²) in [5.41, 5.74) is 3.23. The van der Waals surface area contributed by atoms with E-state index in [4.69, 9.17) is 16.3 Å². The fourth-order valence-corrected chi connectivity index (χ4v) is 2.16. The van der Waals surface area contributed by atoms with E-state index in [0.29, 0.717) is 0 Å². The third-order valence-electron chi connectivity index (χ3n) is 3.15. The number of aryl methyl sites for hydroxylation is 1. The number of anilines is 1. The maximum absolute atomic E-state index is 6.11. The van der Waals surface area contributed by atoms with Gasteiger partial charge in [0.1, 0.15) is 5.75 Å². The smallest absolute Gasteiger partial charge is 0.143 e. The highest BCUT2D eigenvalue weighted by Gasteiger charge is 2.10. The number of ether oxygens (including phenoxy) is 1. The monoisotopic (exact) mass is 275 g/mol. The summed E-state index contributed by atoms with van der Waals surface area (Å²) < 4.78 is 5.37. The van der Waals surface area contributed by atoms with E-state index in [0.717, 1.165) is 22.0 Å². The molecule has 2 aromatic rings. The molecule has 2 rings (SSSR count). The average molecular weight is 276 g/mol. The van der Waals surface area contributed by atoms with E-state index in [9.17, 15) is 0 Å². The normalized spacial score (nSPS) is 12.0. The van der Waals surface area contributed by atoms with Gasteiger partial charge in [0.25, 0.3) is 0 Å². The summed E-state index contributed by atoms with van der Waals surface area (Å²) in [6.07, 6.45) is 0. The lowest BCUT2D eigenvalue weighted by molar-refractivity contribution is 0.416. The van der Waals surface area contributed by atoms with Gasteiger partial charge in [-0.15, -0.1) is 0 Å². The van der Waals surface area contributed by atoms with Crippen molar-refractivity contribution in [1.82, 2.24) is 0 Å². The number of rotatable bonds is 4. The van der Waals surface area contributed by atoms with Crippen LogP contribution >= 0.6 is 11.6 Å². The van der Waals surface area contributed by atoms with Crippen molar-refractivity contribution in [2.24, 2.45) is 0 Å². The minimum atomic E-state index is 0.204. The van der Waals surface area contributed by atoms with Crippen molar-refractivity contribution in [1.29, 1.82) is 0 Å². The van der Waals surface area contributed by atoms with E-state index in [2.05, 4.69) is 24.4 Å². The van der Waals surface area contributed by atoms with Crippen molar-refractivity contribution in [3.8, 4) is 5.75 Å². The van der Waals surface area contributed by atoms with Crippen molar-refractivity contribution in [3.63, 3.8) is 0 Å². The topological polar surface area (TPSA) is 21.3 Å². The molecule has 0 saturated carbocycles. The third kappa shape index (κ3) is 3.21. The Kier molecular flexibility index (Phi) is 4.33. The highest BCUT2D eigenvalue weighted by atomic mass is 35.5. The molecule has 0 heterocycles. The van der Waals surface area contributed by atoms with Crippen LogP contribution < -0.4 is 10.1 Å². The van der Waals surface area contributed by atoms with Crippen LogP contribution in [0.4, 0.5) is 5.69 Å². The predicted octanol–water partition coefficient (Wildman–Crippen LogP) is 4.83. The molecule has 1 N–H and O–H groups in total. The molecule has 1 unspecified atom stereocenters. The first-order valence-electron chi connectivity index (χ1n) is 6.27. The molecule has 0 spiro atoms. The summed E-state index contributed by atoms with van der Waals surface area (Å²) >= 11 is 6.11. The van der Waals surface area contributed by atoms with Gasteiger partial charge in [0, 0.05) is 17.1 Å². The second-order valence-corrected chi connectivity index (χ2v) is 4.99. The number of hydrogen-bond donors (Lipinski definition) is 1. The maximum atomic E-state index is 6.11. The van der Waals surface area contributed by atoms with Crippen LogP contribution in [0.25, 0.3) is 0 Å². The van der Waals surface area contributed by atoms with Crippen LogP contribution in [-0.2, 0) is 0 Å². The van der Waals surface area contributed by atoms with Crippen molar-refractivity contribution >= 4 is 17.3 Å². The molecule has 0 bridgehead atoms. The Morgan fingerprint density at radius 3 is 2.47 bits per heavy atom. The highest BCUT2D eigenvalue weighted by Crippen LogP contribution is 2.33. The van der Waals surface area contributed by atoms with Crippen LogP contribution in [-0.4, -0.2) is 7.11 Å². The molecule has 1 atom stereocenters. The van der Waals surface area contributed by atoms with E-state index in [1.54, 1.807) is 7.11 Å². The Bertz CT molecular complexity index is 554. The minimum Gasteiger partial charge on any atom is -0.495 e. The summed E-state index contributed by atoms with van der Waals surface area (Å²) in [5.74, 6) is 0.762. The van der Waals surface area contributed by atoms with Gasteiger partial charge in [0.15, 0.2) is 0 Å². The lowest BCUT2D eigenvalue weighted by atomic mass is 10.1. The number of hydrogen-bond acceptors (Lipinski definition) is 2. The quantitative estimate of drug-likeness (QED) is 0.863. The molecule has 0 saturated heterocycles. The lowest BCUT2D eigenvalue weighted by Crippen LogP contribution is -2.07. The summed E-state index contributed by atoms with van der Waals surface area (Å²) in [7, 11) is 1.65. The first-order chi connectivity index (χ1) is 9.11. The number of nitrogens with one attached hydrogen (secondary N) is 1. The minimum absolute atomic E-state index is 0.204. The number of halogens is 1. The second-order valence-electron chi connectivity index (χ2n) is 4.58. The van der Waals surface area contributed by atoms with E-state index < -0.39 is 0 Å². The van der Waals surface area contributed by atoms with Gasteiger partial charge in [-0.25, -0.2) is 0 Å². The van der Waals surface area contributed by atoms with Gasteiger partial charge in [0.2, 0.25) is 0 Å². The Labute approximate surface area is 119 Å². The zero-order valence-corrected chi connectivity index (χ0v) is 12.2. The molecule has 100 valence electrons. The van der Waals surface area contributed by atoms with Gasteiger partial charge in [-0.2, -0.15) is 0 Å². The van der Waals surface area contributed by atoms with Crippen molar-refractivity contribution in [2.45, 2.75) is 19.9 Å². The predicted molar refractivity (Wildman–Crippen MR) is 81.2 cm³/mol. The molecule has 0 aromatic heterocycles. The van der Waals surface area contributed by atoms with E-state index in [-0.39, 0.29) is 6.04 Å². The van der Waals surface area contributed by atoms with Crippen LogP contribution in [0.2, 0.25) is 5.02 Å². The van der Waals surface area contributed by atoms with E-state index in [1.165, 1.54) is 5.56 Å². The summed E-state index contributed by atoms with van der Waals surface area (Å²) in [5, 5.41) is 4.18. The molecular weight excluding hydrogens is 258 g/mol. The van der Waals surface area contributed by atoms with Crippen LogP contribution in [0.1, 0.15) is 24.1 Å². The molecule has 2 aromatic carbocycles. The Balaban J connectivity index is 2.26. The Morgan fingerprint density at radius 1 is 1.16 bits per heavy atom. The van der Waals surface area contributed by atoms with E-state index >= 15 is 0 Å². The first kappa shape index (κ1) is 13.8.